The van der Waals surface area contributed by atoms with Crippen molar-refractivity contribution in [3.05, 3.63) is 0 Å². The van der Waals surface area contributed by atoms with Gasteiger partial charge in [-0.2, -0.15) is 5.26 Å². The van der Waals surface area contributed by atoms with Gasteiger partial charge in [0.1, 0.15) is 0 Å². The Morgan fingerprint density at radius 3 is 2.55 bits per heavy atom. The normalized spacial score (nSPS) is 21.5. The Morgan fingerprint density at radius 1 is 1.45 bits per heavy atom. The number of halogens is 1. The summed E-state index contributed by atoms with van der Waals surface area (Å²) in [5.74, 6) is 1.09. The largest absolute Gasteiger partial charge is 0.198 e. The van der Waals surface area contributed by atoms with Crippen LogP contribution in [0.15, 0.2) is 0 Å². The lowest BCUT2D eigenvalue weighted by Crippen LogP contribution is -2.05. The molecule has 0 amide bonds. The highest BCUT2D eigenvalue weighted by atomic mass is 79.9. The molecular formula is C9H14BrN. The predicted octanol–water partition coefficient (Wildman–Crippen LogP) is 3.10. The molecule has 1 unspecified atom stereocenters. The van der Waals surface area contributed by atoms with Crippen LogP contribution in [0.5, 0.6) is 0 Å². The van der Waals surface area contributed by atoms with Gasteiger partial charge in [-0.25, -0.2) is 0 Å². The van der Waals surface area contributed by atoms with Crippen molar-refractivity contribution in [1.29, 1.82) is 5.26 Å². The quantitative estimate of drug-likeness (QED) is 0.665. The fourth-order valence-electron chi connectivity index (χ4n) is 1.80. The van der Waals surface area contributed by atoms with Gasteiger partial charge in [0.05, 0.1) is 12.0 Å². The lowest BCUT2D eigenvalue weighted by molar-refractivity contribution is 0.454. The van der Waals surface area contributed by atoms with Gasteiger partial charge in [0.2, 0.25) is 0 Å². The van der Waals surface area contributed by atoms with Gasteiger partial charge in [-0.1, -0.05) is 41.6 Å². The van der Waals surface area contributed by atoms with E-state index in [0.29, 0.717) is 0 Å². The van der Waals surface area contributed by atoms with Crippen molar-refractivity contribution in [2.24, 2.45) is 11.8 Å². The molecule has 1 atom stereocenters. The van der Waals surface area contributed by atoms with Crippen molar-refractivity contribution in [3.63, 3.8) is 0 Å². The molecule has 1 fully saturated rings. The first-order chi connectivity index (χ1) is 5.36. The number of hydrogen-bond donors (Lipinski definition) is 0. The Hall–Kier alpha value is -0.0300. The molecule has 0 radical (unpaired) electrons. The third-order valence-electron chi connectivity index (χ3n) is 2.46. The number of alkyl halides is 1. The van der Waals surface area contributed by atoms with E-state index in [1.54, 1.807) is 0 Å². The maximum absolute atomic E-state index is 8.71. The van der Waals surface area contributed by atoms with E-state index < -0.39 is 0 Å². The zero-order chi connectivity index (χ0) is 8.10. The monoisotopic (exact) mass is 215 g/mol. The van der Waals surface area contributed by atoms with Crippen LogP contribution in [-0.4, -0.2) is 5.33 Å². The van der Waals surface area contributed by atoms with Gasteiger partial charge in [0.15, 0.2) is 0 Å². The second kappa shape index (κ2) is 4.77. The first kappa shape index (κ1) is 9.06. The lowest BCUT2D eigenvalue weighted by Gasteiger charge is -2.10. The summed E-state index contributed by atoms with van der Waals surface area (Å²) in [4.78, 5) is 0. The maximum Gasteiger partial charge on any atom is 0.0664 e. The summed E-state index contributed by atoms with van der Waals surface area (Å²) in [5.41, 5.74) is 0. The summed E-state index contributed by atoms with van der Waals surface area (Å²) < 4.78 is 0. The second-order valence-electron chi connectivity index (χ2n) is 3.37. The Bertz CT molecular complexity index is 144. The smallest absolute Gasteiger partial charge is 0.0664 e. The fraction of sp³-hybridized carbons (Fsp3) is 0.889. The Labute approximate surface area is 76.9 Å². The van der Waals surface area contributed by atoms with E-state index >= 15 is 0 Å². The van der Waals surface area contributed by atoms with E-state index in [1.165, 1.54) is 25.7 Å². The van der Waals surface area contributed by atoms with Gasteiger partial charge in [0, 0.05) is 5.33 Å². The number of nitriles is 1. The van der Waals surface area contributed by atoms with Crippen LogP contribution in [0.4, 0.5) is 0 Å². The molecule has 0 aromatic carbocycles. The van der Waals surface area contributed by atoms with Crippen LogP contribution in [0.1, 0.15) is 32.1 Å². The number of rotatable bonds is 3. The summed E-state index contributed by atoms with van der Waals surface area (Å²) in [5, 5.41) is 9.55. The first-order valence-electron chi connectivity index (χ1n) is 4.32. The molecule has 1 nitrogen and oxygen atoms in total. The molecule has 1 rings (SSSR count). The molecular weight excluding hydrogens is 202 g/mol. The molecule has 1 aliphatic carbocycles. The maximum atomic E-state index is 8.71. The molecule has 2 heteroatoms. The summed E-state index contributed by atoms with van der Waals surface area (Å²) in [6.07, 6.45) is 6.58. The molecule has 62 valence electrons. The van der Waals surface area contributed by atoms with Crippen molar-refractivity contribution >= 4 is 15.9 Å². The molecule has 0 bridgehead atoms. The Morgan fingerprint density at radius 2 is 2.09 bits per heavy atom. The lowest BCUT2D eigenvalue weighted by atomic mass is 9.96. The van der Waals surface area contributed by atoms with Gasteiger partial charge < -0.3 is 0 Å². The van der Waals surface area contributed by atoms with E-state index in [4.69, 9.17) is 5.26 Å². The third kappa shape index (κ3) is 2.83. The molecule has 0 heterocycles. The van der Waals surface area contributed by atoms with Gasteiger partial charge >= 0.3 is 0 Å². The zero-order valence-electron chi connectivity index (χ0n) is 6.72. The topological polar surface area (TPSA) is 23.8 Å². The average molecular weight is 216 g/mol. The molecule has 0 aliphatic heterocycles. The third-order valence-corrected chi connectivity index (χ3v) is 3.24. The summed E-state index contributed by atoms with van der Waals surface area (Å²) >= 11 is 3.36. The van der Waals surface area contributed by atoms with Crippen LogP contribution < -0.4 is 0 Å². The zero-order valence-corrected chi connectivity index (χ0v) is 8.31. The van der Waals surface area contributed by atoms with E-state index in [2.05, 4.69) is 22.0 Å². The molecule has 0 saturated heterocycles. The highest BCUT2D eigenvalue weighted by molar-refractivity contribution is 9.09. The van der Waals surface area contributed by atoms with Crippen LogP contribution in [0.25, 0.3) is 0 Å². The molecule has 0 aromatic heterocycles. The molecule has 1 aliphatic rings. The van der Waals surface area contributed by atoms with Crippen LogP contribution in [0, 0.1) is 23.2 Å². The van der Waals surface area contributed by atoms with Crippen LogP contribution >= 0.6 is 15.9 Å². The minimum Gasteiger partial charge on any atom is -0.198 e. The summed E-state index contributed by atoms with van der Waals surface area (Å²) in [6.45, 7) is 0. The Kier molecular flexibility index (Phi) is 3.93. The molecule has 0 N–H and O–H groups in total. The van der Waals surface area contributed by atoms with Crippen molar-refractivity contribution < 1.29 is 0 Å². The van der Waals surface area contributed by atoms with Crippen LogP contribution in [-0.2, 0) is 0 Å². The molecule has 11 heavy (non-hydrogen) atoms. The highest BCUT2D eigenvalue weighted by Crippen LogP contribution is 2.30. The average Bonchev–Trinajstić information content (AvgIpc) is 2.52. The minimum atomic E-state index is 0.248. The second-order valence-corrected chi connectivity index (χ2v) is 4.01. The number of nitrogens with zero attached hydrogens (tertiary/aromatic N) is 1. The van der Waals surface area contributed by atoms with E-state index in [9.17, 15) is 0 Å². The van der Waals surface area contributed by atoms with Crippen molar-refractivity contribution in [2.45, 2.75) is 32.1 Å². The van der Waals surface area contributed by atoms with E-state index in [-0.39, 0.29) is 5.92 Å². The molecule has 1 saturated carbocycles. The van der Waals surface area contributed by atoms with Crippen molar-refractivity contribution in [2.75, 3.05) is 5.33 Å². The van der Waals surface area contributed by atoms with Gasteiger partial charge in [-0.05, 0) is 12.3 Å². The minimum absolute atomic E-state index is 0.248. The molecule has 0 aromatic rings. The Balaban J connectivity index is 2.23. The standard InChI is InChI=1S/C9H14BrN/c10-6-9(7-11)5-8-3-1-2-4-8/h8-9H,1-6H2. The van der Waals surface area contributed by atoms with Gasteiger partial charge in [-0.3, -0.25) is 0 Å². The summed E-state index contributed by atoms with van der Waals surface area (Å²) in [7, 11) is 0. The van der Waals surface area contributed by atoms with Gasteiger partial charge in [-0.15, -0.1) is 0 Å². The van der Waals surface area contributed by atoms with Crippen molar-refractivity contribution in [1.82, 2.24) is 0 Å². The van der Waals surface area contributed by atoms with Crippen molar-refractivity contribution in [3.8, 4) is 6.07 Å². The number of hydrogen-bond acceptors (Lipinski definition) is 1. The highest BCUT2D eigenvalue weighted by Gasteiger charge is 2.18. The van der Waals surface area contributed by atoms with Gasteiger partial charge in [0.25, 0.3) is 0 Å². The summed E-state index contributed by atoms with van der Waals surface area (Å²) in [6, 6.07) is 2.33. The predicted molar refractivity (Wildman–Crippen MR) is 49.5 cm³/mol. The van der Waals surface area contributed by atoms with Crippen LogP contribution in [0.3, 0.4) is 0 Å². The van der Waals surface area contributed by atoms with E-state index in [0.717, 1.165) is 17.7 Å². The first-order valence-corrected chi connectivity index (χ1v) is 5.44. The van der Waals surface area contributed by atoms with E-state index in [1.807, 2.05) is 0 Å². The fourth-order valence-corrected chi connectivity index (χ4v) is 2.21. The molecule has 0 spiro atoms. The van der Waals surface area contributed by atoms with Crippen LogP contribution in [0.2, 0.25) is 0 Å². The SMILES string of the molecule is N#CC(CBr)CC1CCCC1.